The maximum atomic E-state index is 8.96. The monoisotopic (exact) mass is 127 g/mol. The fourth-order valence-electron chi connectivity index (χ4n) is 2.11. The molecule has 1 saturated heterocycles. The molecule has 0 aromatic carbocycles. The van der Waals surface area contributed by atoms with Gasteiger partial charge in [-0.15, -0.1) is 0 Å². The molecule has 9 heavy (non-hydrogen) atoms. The van der Waals surface area contributed by atoms with Crippen molar-refractivity contribution in [3.05, 3.63) is 0 Å². The third kappa shape index (κ3) is 0.634. The SMILES string of the molecule is CN1CC2C[C@]2(CO)C1. The Kier molecular flexibility index (Phi) is 0.945. The van der Waals surface area contributed by atoms with Gasteiger partial charge >= 0.3 is 0 Å². The van der Waals surface area contributed by atoms with Crippen LogP contribution in [-0.2, 0) is 0 Å². The van der Waals surface area contributed by atoms with Crippen LogP contribution in [0.15, 0.2) is 0 Å². The first-order valence-electron chi connectivity index (χ1n) is 3.56. The van der Waals surface area contributed by atoms with Gasteiger partial charge in [0.25, 0.3) is 0 Å². The highest BCUT2D eigenvalue weighted by Crippen LogP contribution is 2.56. The Hall–Kier alpha value is -0.0800. The van der Waals surface area contributed by atoms with Gasteiger partial charge in [0.05, 0.1) is 6.61 Å². The van der Waals surface area contributed by atoms with Gasteiger partial charge in [0.2, 0.25) is 0 Å². The first-order chi connectivity index (χ1) is 4.27. The van der Waals surface area contributed by atoms with Crippen LogP contribution in [0.2, 0.25) is 0 Å². The number of aliphatic hydroxyl groups excluding tert-OH is 1. The van der Waals surface area contributed by atoms with Gasteiger partial charge in [-0.3, -0.25) is 0 Å². The van der Waals surface area contributed by atoms with Gasteiger partial charge in [-0.25, -0.2) is 0 Å². The van der Waals surface area contributed by atoms with E-state index in [1.165, 1.54) is 13.0 Å². The molecule has 0 spiro atoms. The quantitative estimate of drug-likeness (QED) is 0.533. The molecule has 1 aliphatic carbocycles. The van der Waals surface area contributed by atoms with Gasteiger partial charge in [0, 0.05) is 18.5 Å². The molecule has 1 unspecified atom stereocenters. The molecule has 2 rings (SSSR count). The highest BCUT2D eigenvalue weighted by molar-refractivity contribution is 5.09. The molecule has 0 aromatic heterocycles. The first kappa shape index (κ1) is 5.69. The van der Waals surface area contributed by atoms with Crippen molar-refractivity contribution in [2.24, 2.45) is 11.3 Å². The van der Waals surface area contributed by atoms with Gasteiger partial charge < -0.3 is 10.0 Å². The number of hydrogen-bond acceptors (Lipinski definition) is 2. The van der Waals surface area contributed by atoms with E-state index in [1.807, 2.05) is 0 Å². The van der Waals surface area contributed by atoms with Crippen molar-refractivity contribution in [2.75, 3.05) is 26.7 Å². The molecule has 1 N–H and O–H groups in total. The number of aliphatic hydroxyl groups is 1. The highest BCUT2D eigenvalue weighted by Gasteiger charge is 2.58. The predicted octanol–water partition coefficient (Wildman–Crippen LogP) is -0.0696. The summed E-state index contributed by atoms with van der Waals surface area (Å²) in [6, 6.07) is 0. The van der Waals surface area contributed by atoms with E-state index < -0.39 is 0 Å². The first-order valence-corrected chi connectivity index (χ1v) is 3.56. The minimum Gasteiger partial charge on any atom is -0.396 e. The lowest BCUT2D eigenvalue weighted by molar-refractivity contribution is 0.196. The number of nitrogens with zero attached hydrogens (tertiary/aromatic N) is 1. The molecular formula is C7H13NO. The van der Waals surface area contributed by atoms with Crippen LogP contribution < -0.4 is 0 Å². The summed E-state index contributed by atoms with van der Waals surface area (Å²) in [4.78, 5) is 2.31. The summed E-state index contributed by atoms with van der Waals surface area (Å²) >= 11 is 0. The van der Waals surface area contributed by atoms with Crippen LogP contribution in [0.5, 0.6) is 0 Å². The Bertz CT molecular complexity index is 133. The van der Waals surface area contributed by atoms with Crippen LogP contribution in [0, 0.1) is 11.3 Å². The number of rotatable bonds is 1. The standard InChI is InChI=1S/C7H13NO/c1-8-3-6-2-7(6,4-8)5-9/h6,9H,2-5H2,1H3/t6?,7-/m1/s1. The van der Waals surface area contributed by atoms with Crippen molar-refractivity contribution in [3.63, 3.8) is 0 Å². The maximum absolute atomic E-state index is 8.96. The zero-order valence-corrected chi connectivity index (χ0v) is 5.80. The Balaban J connectivity index is 2.05. The van der Waals surface area contributed by atoms with Crippen LogP contribution >= 0.6 is 0 Å². The number of piperidine rings is 1. The maximum Gasteiger partial charge on any atom is 0.0502 e. The average Bonchev–Trinajstić information content (AvgIpc) is 2.38. The minimum absolute atomic E-state index is 0.356. The summed E-state index contributed by atoms with van der Waals surface area (Å²) < 4.78 is 0. The highest BCUT2D eigenvalue weighted by atomic mass is 16.3. The van der Waals surface area contributed by atoms with Gasteiger partial charge in [0.1, 0.15) is 0 Å². The third-order valence-corrected chi connectivity index (χ3v) is 2.79. The van der Waals surface area contributed by atoms with Crippen LogP contribution in [0.4, 0.5) is 0 Å². The summed E-state index contributed by atoms with van der Waals surface area (Å²) in [7, 11) is 2.13. The lowest BCUT2D eigenvalue weighted by Crippen LogP contribution is -2.21. The van der Waals surface area contributed by atoms with Gasteiger partial charge in [0.15, 0.2) is 0 Å². The topological polar surface area (TPSA) is 23.5 Å². The lowest BCUT2D eigenvalue weighted by Gasteiger charge is -2.12. The molecule has 52 valence electrons. The fraction of sp³-hybridized carbons (Fsp3) is 1.00. The molecule has 1 aliphatic heterocycles. The molecule has 2 heteroatoms. The van der Waals surface area contributed by atoms with Crippen molar-refractivity contribution in [1.29, 1.82) is 0 Å². The Morgan fingerprint density at radius 2 is 2.56 bits per heavy atom. The lowest BCUT2D eigenvalue weighted by atomic mass is 10.1. The molecule has 0 aromatic rings. The predicted molar refractivity (Wildman–Crippen MR) is 35.1 cm³/mol. The van der Waals surface area contributed by atoms with Crippen LogP contribution in [-0.4, -0.2) is 36.8 Å². The van der Waals surface area contributed by atoms with Gasteiger partial charge in [-0.1, -0.05) is 0 Å². The van der Waals surface area contributed by atoms with Gasteiger partial charge in [-0.2, -0.15) is 0 Å². The van der Waals surface area contributed by atoms with E-state index in [9.17, 15) is 0 Å². The van der Waals surface area contributed by atoms with E-state index in [2.05, 4.69) is 11.9 Å². The summed E-state index contributed by atoms with van der Waals surface area (Å²) in [6.45, 7) is 2.73. The van der Waals surface area contributed by atoms with Crippen LogP contribution in [0.1, 0.15) is 6.42 Å². The largest absolute Gasteiger partial charge is 0.396 e. The molecule has 1 saturated carbocycles. The van der Waals surface area contributed by atoms with Crippen molar-refractivity contribution in [2.45, 2.75) is 6.42 Å². The summed E-state index contributed by atoms with van der Waals surface area (Å²) in [5.41, 5.74) is 0.356. The summed E-state index contributed by atoms with van der Waals surface area (Å²) in [6.07, 6.45) is 1.27. The molecule has 0 bridgehead atoms. The summed E-state index contributed by atoms with van der Waals surface area (Å²) in [5, 5.41) is 8.96. The molecule has 0 amide bonds. The molecular weight excluding hydrogens is 114 g/mol. The van der Waals surface area contributed by atoms with Crippen LogP contribution in [0.3, 0.4) is 0 Å². The molecule has 2 aliphatic rings. The van der Waals surface area contributed by atoms with Gasteiger partial charge in [-0.05, 0) is 19.4 Å². The van der Waals surface area contributed by atoms with E-state index in [0.717, 1.165) is 12.5 Å². The van der Waals surface area contributed by atoms with E-state index in [1.54, 1.807) is 0 Å². The zero-order valence-electron chi connectivity index (χ0n) is 5.80. The van der Waals surface area contributed by atoms with E-state index in [4.69, 9.17) is 5.11 Å². The third-order valence-electron chi connectivity index (χ3n) is 2.79. The second-order valence-corrected chi connectivity index (χ2v) is 3.62. The second-order valence-electron chi connectivity index (χ2n) is 3.62. The van der Waals surface area contributed by atoms with E-state index in [-0.39, 0.29) is 0 Å². The van der Waals surface area contributed by atoms with Crippen molar-refractivity contribution < 1.29 is 5.11 Å². The van der Waals surface area contributed by atoms with E-state index >= 15 is 0 Å². The number of hydrogen-bond donors (Lipinski definition) is 1. The van der Waals surface area contributed by atoms with Crippen LogP contribution in [0.25, 0.3) is 0 Å². The fourth-order valence-corrected chi connectivity index (χ4v) is 2.11. The zero-order chi connectivity index (χ0) is 6.48. The van der Waals surface area contributed by atoms with Crippen molar-refractivity contribution >= 4 is 0 Å². The Morgan fingerprint density at radius 1 is 1.78 bits per heavy atom. The normalized spacial score (nSPS) is 49.3. The number of likely N-dealkylation sites (tertiary alicyclic amines) is 1. The molecule has 0 radical (unpaired) electrons. The number of fused-ring (bicyclic) bond motifs is 1. The van der Waals surface area contributed by atoms with E-state index in [0.29, 0.717) is 12.0 Å². The van der Waals surface area contributed by atoms with Crippen molar-refractivity contribution in [1.82, 2.24) is 4.90 Å². The minimum atomic E-state index is 0.356. The second kappa shape index (κ2) is 1.50. The molecule has 2 atom stereocenters. The van der Waals surface area contributed by atoms with Crippen molar-refractivity contribution in [3.8, 4) is 0 Å². The molecule has 1 heterocycles. The average molecular weight is 127 g/mol. The Labute approximate surface area is 55.5 Å². The molecule has 2 fully saturated rings. The smallest absolute Gasteiger partial charge is 0.0502 e. The molecule has 2 nitrogen and oxygen atoms in total. The summed E-state index contributed by atoms with van der Waals surface area (Å²) in [5.74, 6) is 0.826. The Morgan fingerprint density at radius 3 is 2.89 bits per heavy atom.